The number of sulfone groups is 1. The van der Waals surface area contributed by atoms with Crippen LogP contribution in [0, 0.1) is 5.92 Å². The SMILES string of the molecule is O=C(O)C1CNC(c2cccc(OC3CS(=O)(=O)C3)c2)C1. The van der Waals surface area contributed by atoms with Gasteiger partial charge in [0.25, 0.3) is 0 Å². The molecule has 0 aromatic heterocycles. The molecule has 2 N–H and O–H groups in total. The summed E-state index contributed by atoms with van der Waals surface area (Å²) >= 11 is 0. The molecule has 114 valence electrons. The van der Waals surface area contributed by atoms with Crippen LogP contribution in [0.5, 0.6) is 5.75 Å². The van der Waals surface area contributed by atoms with E-state index >= 15 is 0 Å². The average Bonchev–Trinajstić information content (AvgIpc) is 2.86. The summed E-state index contributed by atoms with van der Waals surface area (Å²) in [6.45, 7) is 0.464. The molecule has 6 nitrogen and oxygen atoms in total. The molecule has 1 aromatic rings. The largest absolute Gasteiger partial charge is 0.488 e. The topological polar surface area (TPSA) is 92.7 Å². The molecule has 2 heterocycles. The van der Waals surface area contributed by atoms with Gasteiger partial charge in [0.1, 0.15) is 11.9 Å². The fourth-order valence-electron chi connectivity index (χ4n) is 2.76. The summed E-state index contributed by atoms with van der Waals surface area (Å²) < 4.78 is 27.9. The van der Waals surface area contributed by atoms with Crippen molar-refractivity contribution < 1.29 is 23.1 Å². The van der Waals surface area contributed by atoms with E-state index in [4.69, 9.17) is 9.84 Å². The monoisotopic (exact) mass is 311 g/mol. The Balaban J connectivity index is 1.65. The summed E-state index contributed by atoms with van der Waals surface area (Å²) in [5.41, 5.74) is 0.971. The van der Waals surface area contributed by atoms with Crippen LogP contribution in [0.25, 0.3) is 0 Å². The van der Waals surface area contributed by atoms with Gasteiger partial charge < -0.3 is 15.2 Å². The number of carbonyl (C=O) groups is 1. The Kier molecular flexibility index (Phi) is 3.62. The highest BCUT2D eigenvalue weighted by Gasteiger charge is 2.35. The molecule has 2 saturated heterocycles. The van der Waals surface area contributed by atoms with Crippen LogP contribution in [0.4, 0.5) is 0 Å². The predicted octanol–water partition coefficient (Wildman–Crippen LogP) is 0.598. The van der Waals surface area contributed by atoms with Gasteiger partial charge in [-0.2, -0.15) is 0 Å². The van der Waals surface area contributed by atoms with E-state index in [0.717, 1.165) is 5.56 Å². The van der Waals surface area contributed by atoms with Gasteiger partial charge in [0.15, 0.2) is 9.84 Å². The minimum absolute atomic E-state index is 0.000210. The van der Waals surface area contributed by atoms with Crippen LogP contribution in [0.2, 0.25) is 0 Å². The molecule has 0 saturated carbocycles. The van der Waals surface area contributed by atoms with Crippen LogP contribution in [-0.4, -0.2) is 43.6 Å². The van der Waals surface area contributed by atoms with Gasteiger partial charge in [-0.05, 0) is 24.1 Å². The molecule has 2 fully saturated rings. The van der Waals surface area contributed by atoms with Crippen molar-refractivity contribution in [2.45, 2.75) is 18.6 Å². The molecule has 21 heavy (non-hydrogen) atoms. The van der Waals surface area contributed by atoms with Gasteiger partial charge in [-0.15, -0.1) is 0 Å². The van der Waals surface area contributed by atoms with Crippen LogP contribution >= 0.6 is 0 Å². The van der Waals surface area contributed by atoms with Crippen LogP contribution in [0.3, 0.4) is 0 Å². The molecule has 0 bridgehead atoms. The molecule has 2 aliphatic rings. The van der Waals surface area contributed by atoms with E-state index in [1.807, 2.05) is 18.2 Å². The Bertz CT molecular complexity index is 645. The summed E-state index contributed by atoms with van der Waals surface area (Å²) in [4.78, 5) is 11.0. The Morgan fingerprint density at radius 2 is 2.10 bits per heavy atom. The third-order valence-corrected chi connectivity index (χ3v) is 5.68. The van der Waals surface area contributed by atoms with Crippen LogP contribution in [-0.2, 0) is 14.6 Å². The third-order valence-electron chi connectivity index (χ3n) is 3.92. The van der Waals surface area contributed by atoms with Crippen molar-refractivity contribution in [1.82, 2.24) is 5.32 Å². The van der Waals surface area contributed by atoms with Gasteiger partial charge in [-0.3, -0.25) is 4.79 Å². The second-order valence-electron chi connectivity index (χ2n) is 5.62. The van der Waals surface area contributed by atoms with E-state index in [1.165, 1.54) is 0 Å². The van der Waals surface area contributed by atoms with Gasteiger partial charge in [-0.1, -0.05) is 12.1 Å². The van der Waals surface area contributed by atoms with E-state index < -0.39 is 15.8 Å². The first-order valence-corrected chi connectivity index (χ1v) is 8.68. The lowest BCUT2D eigenvalue weighted by molar-refractivity contribution is -0.141. The Morgan fingerprint density at radius 1 is 1.33 bits per heavy atom. The van der Waals surface area contributed by atoms with Crippen LogP contribution in [0.15, 0.2) is 24.3 Å². The van der Waals surface area contributed by atoms with E-state index in [-0.39, 0.29) is 29.6 Å². The Labute approximate surface area is 123 Å². The van der Waals surface area contributed by atoms with Crippen molar-refractivity contribution >= 4 is 15.8 Å². The van der Waals surface area contributed by atoms with Crippen molar-refractivity contribution in [2.24, 2.45) is 5.92 Å². The second kappa shape index (κ2) is 5.31. The zero-order valence-electron chi connectivity index (χ0n) is 11.4. The number of ether oxygens (including phenoxy) is 1. The van der Waals surface area contributed by atoms with E-state index in [9.17, 15) is 13.2 Å². The van der Waals surface area contributed by atoms with Crippen molar-refractivity contribution in [2.75, 3.05) is 18.1 Å². The van der Waals surface area contributed by atoms with E-state index in [0.29, 0.717) is 18.7 Å². The highest BCUT2D eigenvalue weighted by molar-refractivity contribution is 7.92. The smallest absolute Gasteiger partial charge is 0.307 e. The first kappa shape index (κ1) is 14.3. The minimum atomic E-state index is -2.90. The number of benzene rings is 1. The fourth-order valence-corrected chi connectivity index (χ4v) is 3.93. The predicted molar refractivity (Wildman–Crippen MR) is 76.0 cm³/mol. The molecule has 0 aliphatic carbocycles. The van der Waals surface area contributed by atoms with E-state index in [1.54, 1.807) is 6.07 Å². The number of carboxylic acid groups (broad SMARTS) is 1. The van der Waals surface area contributed by atoms with Crippen molar-refractivity contribution in [1.29, 1.82) is 0 Å². The van der Waals surface area contributed by atoms with Crippen LogP contribution < -0.4 is 10.1 Å². The normalized spacial score (nSPS) is 28.0. The molecule has 1 aromatic carbocycles. The van der Waals surface area contributed by atoms with Gasteiger partial charge in [0.05, 0.1) is 17.4 Å². The number of carboxylic acids is 1. The Morgan fingerprint density at radius 3 is 2.71 bits per heavy atom. The maximum Gasteiger partial charge on any atom is 0.307 e. The standard InChI is InChI=1S/C14H17NO5S/c16-14(17)10-5-13(15-6-10)9-2-1-3-11(4-9)20-12-7-21(18,19)8-12/h1-4,10,12-13,15H,5-8H2,(H,16,17). The molecule has 0 spiro atoms. The number of hydrogen-bond donors (Lipinski definition) is 2. The first-order valence-electron chi connectivity index (χ1n) is 6.86. The maximum atomic E-state index is 11.1. The first-order chi connectivity index (χ1) is 9.93. The second-order valence-corrected chi connectivity index (χ2v) is 7.77. The van der Waals surface area contributed by atoms with E-state index in [2.05, 4.69) is 5.32 Å². The molecule has 2 unspecified atom stereocenters. The average molecular weight is 311 g/mol. The quantitative estimate of drug-likeness (QED) is 0.846. The number of rotatable bonds is 4. The highest BCUT2D eigenvalue weighted by Crippen LogP contribution is 2.30. The van der Waals surface area contributed by atoms with Crippen molar-refractivity contribution in [3.05, 3.63) is 29.8 Å². The molecule has 0 amide bonds. The van der Waals surface area contributed by atoms with Crippen LogP contribution in [0.1, 0.15) is 18.0 Å². The molecule has 2 aliphatic heterocycles. The summed E-state index contributed by atoms with van der Waals surface area (Å²) in [6, 6.07) is 7.41. The third kappa shape index (κ3) is 3.19. The van der Waals surface area contributed by atoms with Gasteiger partial charge in [0, 0.05) is 12.6 Å². The Hall–Kier alpha value is -1.60. The zero-order valence-corrected chi connectivity index (χ0v) is 12.2. The lowest BCUT2D eigenvalue weighted by Crippen LogP contribution is -2.45. The fraction of sp³-hybridized carbons (Fsp3) is 0.500. The number of nitrogens with one attached hydrogen (secondary N) is 1. The molecule has 0 radical (unpaired) electrons. The summed E-state index contributed by atoms with van der Waals surface area (Å²) in [7, 11) is -2.90. The summed E-state index contributed by atoms with van der Waals surface area (Å²) in [5, 5.41) is 12.2. The lowest BCUT2D eigenvalue weighted by atomic mass is 10.00. The van der Waals surface area contributed by atoms with Crippen molar-refractivity contribution in [3.63, 3.8) is 0 Å². The van der Waals surface area contributed by atoms with Gasteiger partial charge in [0.2, 0.25) is 0 Å². The number of aliphatic carboxylic acids is 1. The molecular weight excluding hydrogens is 294 g/mol. The van der Waals surface area contributed by atoms with Gasteiger partial charge in [-0.25, -0.2) is 8.42 Å². The zero-order chi connectivity index (χ0) is 15.0. The molecular formula is C14H17NO5S. The molecule has 2 atom stereocenters. The van der Waals surface area contributed by atoms with Crippen molar-refractivity contribution in [3.8, 4) is 5.75 Å². The lowest BCUT2D eigenvalue weighted by Gasteiger charge is -2.26. The molecule has 7 heteroatoms. The molecule has 3 rings (SSSR count). The summed E-state index contributed by atoms with van der Waals surface area (Å²) in [6.07, 6.45) is 0.282. The highest BCUT2D eigenvalue weighted by atomic mass is 32.2. The maximum absolute atomic E-state index is 11.1. The van der Waals surface area contributed by atoms with Gasteiger partial charge >= 0.3 is 5.97 Å². The minimum Gasteiger partial charge on any atom is -0.488 e. The number of hydrogen-bond acceptors (Lipinski definition) is 5. The summed E-state index contributed by atoms with van der Waals surface area (Å²) in [5.74, 6) is -0.374.